The molecule has 1 aliphatic rings. The van der Waals surface area contributed by atoms with Gasteiger partial charge in [0.1, 0.15) is 11.9 Å². The van der Waals surface area contributed by atoms with E-state index in [0.717, 1.165) is 25.1 Å². The number of hydrogen-bond acceptors (Lipinski definition) is 4. The Balaban J connectivity index is 1.71. The molecule has 0 bridgehead atoms. The summed E-state index contributed by atoms with van der Waals surface area (Å²) < 4.78 is 71.5. The average molecular weight is 414 g/mol. The van der Waals surface area contributed by atoms with Crippen LogP contribution in [0.2, 0.25) is 0 Å². The van der Waals surface area contributed by atoms with Crippen LogP contribution < -0.4 is 14.8 Å². The standard InChI is InChI=1S/C19H21F3N2O3S/c20-19(21,22)15-6-8-16(9-7-15)27-18(14-10-11-23-12-14)13-24-28(25,26)17-4-2-1-3-5-17/h1-9,14,18,23-24H,10-13H2/t14-,18+/m0/s1. The molecular formula is C19H21F3N2O3S. The van der Waals surface area contributed by atoms with E-state index in [4.69, 9.17) is 4.74 Å². The van der Waals surface area contributed by atoms with Crippen LogP contribution in [0.4, 0.5) is 13.2 Å². The highest BCUT2D eigenvalue weighted by molar-refractivity contribution is 7.89. The van der Waals surface area contributed by atoms with Crippen LogP contribution >= 0.6 is 0 Å². The summed E-state index contributed by atoms with van der Waals surface area (Å²) >= 11 is 0. The molecule has 0 aliphatic carbocycles. The van der Waals surface area contributed by atoms with E-state index in [1.165, 1.54) is 24.3 Å². The normalized spacial score (nSPS) is 18.8. The van der Waals surface area contributed by atoms with Gasteiger partial charge >= 0.3 is 6.18 Å². The lowest BCUT2D eigenvalue weighted by atomic mass is 10.0. The third kappa shape index (κ3) is 5.24. The van der Waals surface area contributed by atoms with Gasteiger partial charge in [0.2, 0.25) is 10.0 Å². The molecule has 0 spiro atoms. The van der Waals surface area contributed by atoms with E-state index in [9.17, 15) is 21.6 Å². The predicted molar refractivity (Wildman–Crippen MR) is 98.5 cm³/mol. The summed E-state index contributed by atoms with van der Waals surface area (Å²) in [5.74, 6) is 0.310. The molecule has 0 radical (unpaired) electrons. The smallest absolute Gasteiger partial charge is 0.416 e. The van der Waals surface area contributed by atoms with E-state index in [1.54, 1.807) is 18.2 Å². The van der Waals surface area contributed by atoms with E-state index in [2.05, 4.69) is 10.0 Å². The average Bonchev–Trinajstić information content (AvgIpc) is 3.20. The van der Waals surface area contributed by atoms with Gasteiger partial charge in [-0.3, -0.25) is 0 Å². The van der Waals surface area contributed by atoms with Gasteiger partial charge in [-0.1, -0.05) is 18.2 Å². The Kier molecular flexibility index (Phi) is 6.26. The first kappa shape index (κ1) is 20.6. The second kappa shape index (κ2) is 8.50. The summed E-state index contributed by atoms with van der Waals surface area (Å²) in [7, 11) is -3.70. The zero-order valence-corrected chi connectivity index (χ0v) is 15.8. The van der Waals surface area contributed by atoms with Crippen LogP contribution in [0.3, 0.4) is 0 Å². The number of nitrogens with one attached hydrogen (secondary N) is 2. The minimum Gasteiger partial charge on any atom is -0.489 e. The summed E-state index contributed by atoms with van der Waals surface area (Å²) in [6.07, 6.45) is -4.14. The fourth-order valence-corrected chi connectivity index (χ4v) is 4.14. The lowest BCUT2D eigenvalue weighted by Gasteiger charge is -2.25. The van der Waals surface area contributed by atoms with Gasteiger partial charge < -0.3 is 10.1 Å². The van der Waals surface area contributed by atoms with Gasteiger partial charge in [-0.25, -0.2) is 13.1 Å². The maximum absolute atomic E-state index is 12.7. The van der Waals surface area contributed by atoms with Crippen molar-refractivity contribution in [3.05, 3.63) is 60.2 Å². The number of sulfonamides is 1. The van der Waals surface area contributed by atoms with Crippen LogP contribution in [-0.4, -0.2) is 34.2 Å². The van der Waals surface area contributed by atoms with Gasteiger partial charge in [-0.15, -0.1) is 0 Å². The molecule has 5 nitrogen and oxygen atoms in total. The second-order valence-corrected chi connectivity index (χ2v) is 8.36. The van der Waals surface area contributed by atoms with Gasteiger partial charge in [-0.05, 0) is 49.4 Å². The summed E-state index contributed by atoms with van der Waals surface area (Å²) in [6.45, 7) is 1.45. The fourth-order valence-electron chi connectivity index (χ4n) is 3.07. The van der Waals surface area contributed by atoms with E-state index >= 15 is 0 Å². The Morgan fingerprint density at radius 2 is 1.79 bits per heavy atom. The molecule has 0 unspecified atom stereocenters. The minimum atomic E-state index is -4.42. The van der Waals surface area contributed by atoms with Crippen molar-refractivity contribution in [1.82, 2.24) is 10.0 Å². The van der Waals surface area contributed by atoms with Gasteiger partial charge in [0.25, 0.3) is 0 Å². The Morgan fingerprint density at radius 3 is 2.36 bits per heavy atom. The number of alkyl halides is 3. The maximum atomic E-state index is 12.7. The van der Waals surface area contributed by atoms with Crippen LogP contribution in [0.25, 0.3) is 0 Å². The van der Waals surface area contributed by atoms with Crippen molar-refractivity contribution in [2.75, 3.05) is 19.6 Å². The SMILES string of the molecule is O=S(=O)(NC[C@@H](Oc1ccc(C(F)(F)F)cc1)[C@H]1CCNC1)c1ccccc1. The molecule has 0 aromatic heterocycles. The second-order valence-electron chi connectivity index (χ2n) is 6.60. The molecule has 2 aromatic rings. The summed E-state index contributed by atoms with van der Waals surface area (Å²) in [6, 6.07) is 12.4. The van der Waals surface area contributed by atoms with E-state index in [0.29, 0.717) is 6.54 Å². The molecule has 28 heavy (non-hydrogen) atoms. The van der Waals surface area contributed by atoms with Gasteiger partial charge in [0.05, 0.1) is 10.5 Å². The summed E-state index contributed by atoms with van der Waals surface area (Å²) in [5, 5.41) is 3.19. The van der Waals surface area contributed by atoms with Crippen LogP contribution in [0.15, 0.2) is 59.5 Å². The molecular weight excluding hydrogens is 393 g/mol. The van der Waals surface area contributed by atoms with Gasteiger partial charge in [0, 0.05) is 19.0 Å². The molecule has 2 aromatic carbocycles. The number of halogens is 3. The zero-order valence-electron chi connectivity index (χ0n) is 14.9. The highest BCUT2D eigenvalue weighted by Crippen LogP contribution is 2.31. The minimum absolute atomic E-state index is 0.0184. The van der Waals surface area contributed by atoms with Crippen LogP contribution in [0.5, 0.6) is 5.75 Å². The zero-order chi connectivity index (χ0) is 20.2. The molecule has 1 heterocycles. The number of ether oxygens (including phenoxy) is 1. The maximum Gasteiger partial charge on any atom is 0.416 e. The van der Waals surface area contributed by atoms with Crippen molar-refractivity contribution in [2.45, 2.75) is 23.6 Å². The van der Waals surface area contributed by atoms with Crippen LogP contribution in [0, 0.1) is 5.92 Å². The molecule has 2 atom stereocenters. The van der Waals surface area contributed by atoms with E-state index < -0.39 is 27.9 Å². The fraction of sp³-hybridized carbons (Fsp3) is 0.368. The molecule has 2 N–H and O–H groups in total. The monoisotopic (exact) mass is 414 g/mol. The Morgan fingerprint density at radius 1 is 1.11 bits per heavy atom. The topological polar surface area (TPSA) is 67.4 Å². The summed E-state index contributed by atoms with van der Waals surface area (Å²) in [5.41, 5.74) is -0.760. The van der Waals surface area contributed by atoms with Crippen molar-refractivity contribution in [3.8, 4) is 5.75 Å². The molecule has 3 rings (SSSR count). The quantitative estimate of drug-likeness (QED) is 0.731. The third-order valence-electron chi connectivity index (χ3n) is 4.62. The molecule has 9 heteroatoms. The van der Waals surface area contributed by atoms with Crippen molar-refractivity contribution >= 4 is 10.0 Å². The highest BCUT2D eigenvalue weighted by Gasteiger charge is 2.31. The number of benzene rings is 2. The third-order valence-corrected chi connectivity index (χ3v) is 6.06. The molecule has 1 fully saturated rings. The molecule has 0 amide bonds. The first-order valence-corrected chi connectivity index (χ1v) is 10.3. The van der Waals surface area contributed by atoms with E-state index in [1.807, 2.05) is 0 Å². The van der Waals surface area contributed by atoms with E-state index in [-0.39, 0.29) is 23.1 Å². The molecule has 152 valence electrons. The Bertz CT molecular complexity index is 866. The number of rotatable bonds is 7. The Labute approximate surface area is 162 Å². The van der Waals surface area contributed by atoms with Crippen molar-refractivity contribution in [2.24, 2.45) is 5.92 Å². The first-order valence-electron chi connectivity index (χ1n) is 8.85. The Hall–Kier alpha value is -2.10. The van der Waals surface area contributed by atoms with Crippen LogP contribution in [-0.2, 0) is 16.2 Å². The molecule has 1 saturated heterocycles. The first-order chi connectivity index (χ1) is 13.3. The van der Waals surface area contributed by atoms with Gasteiger partial charge in [0.15, 0.2) is 0 Å². The lowest BCUT2D eigenvalue weighted by Crippen LogP contribution is -2.40. The molecule has 1 aliphatic heterocycles. The lowest BCUT2D eigenvalue weighted by molar-refractivity contribution is -0.137. The largest absolute Gasteiger partial charge is 0.489 e. The molecule has 0 saturated carbocycles. The van der Waals surface area contributed by atoms with Crippen molar-refractivity contribution < 1.29 is 26.3 Å². The van der Waals surface area contributed by atoms with Crippen molar-refractivity contribution in [1.29, 1.82) is 0 Å². The van der Waals surface area contributed by atoms with Crippen molar-refractivity contribution in [3.63, 3.8) is 0 Å². The number of hydrogen-bond donors (Lipinski definition) is 2. The predicted octanol–water partition coefficient (Wildman–Crippen LogP) is 3.04. The summed E-state index contributed by atoms with van der Waals surface area (Å²) in [4.78, 5) is 0.146. The highest BCUT2D eigenvalue weighted by atomic mass is 32.2. The van der Waals surface area contributed by atoms with Crippen LogP contribution in [0.1, 0.15) is 12.0 Å². The van der Waals surface area contributed by atoms with Gasteiger partial charge in [-0.2, -0.15) is 13.2 Å².